The minimum Gasteiger partial charge on any atom is -0.497 e. The van der Waals surface area contributed by atoms with Gasteiger partial charge in [-0.1, -0.05) is 54.6 Å². The number of methoxy groups -OCH3 is 2. The number of carboxylic acid groups (broad SMARTS) is 1. The van der Waals surface area contributed by atoms with Gasteiger partial charge in [0.2, 0.25) is 0 Å². The molecule has 4 aromatic carbocycles. The number of nitrogens with zero attached hydrogens (tertiary/aromatic N) is 1. The van der Waals surface area contributed by atoms with E-state index in [-0.39, 0.29) is 0 Å². The van der Waals surface area contributed by atoms with Crippen LogP contribution in [-0.4, -0.2) is 42.8 Å². The molecule has 0 saturated heterocycles. The Kier molecular flexibility index (Phi) is 10.6. The quantitative estimate of drug-likeness (QED) is 0.187. The molecular formula is C33H36N2O6. The SMILES string of the molecule is COc1cccc(COc2ccccc2CN(CCC(N)C(=O)O)Cc2ccccc2Oc2cccc(OC)c2)c1. The molecule has 3 N–H and O–H groups in total. The molecule has 0 fully saturated rings. The predicted molar refractivity (Wildman–Crippen MR) is 158 cm³/mol. The van der Waals surface area contributed by atoms with Crippen LogP contribution in [0.4, 0.5) is 0 Å². The van der Waals surface area contributed by atoms with Crippen molar-refractivity contribution in [2.24, 2.45) is 5.73 Å². The maximum absolute atomic E-state index is 11.5. The van der Waals surface area contributed by atoms with E-state index in [4.69, 9.17) is 24.7 Å². The summed E-state index contributed by atoms with van der Waals surface area (Å²) in [5, 5.41) is 9.38. The lowest BCUT2D eigenvalue weighted by Crippen LogP contribution is -2.35. The molecule has 0 aliphatic rings. The molecule has 1 atom stereocenters. The summed E-state index contributed by atoms with van der Waals surface area (Å²) in [5.41, 5.74) is 8.80. The van der Waals surface area contributed by atoms with Crippen molar-refractivity contribution in [3.05, 3.63) is 114 Å². The van der Waals surface area contributed by atoms with Crippen LogP contribution in [-0.2, 0) is 24.5 Å². The van der Waals surface area contributed by atoms with Crippen molar-refractivity contribution in [3.63, 3.8) is 0 Å². The van der Waals surface area contributed by atoms with Gasteiger partial charge in [0.1, 0.15) is 41.4 Å². The summed E-state index contributed by atoms with van der Waals surface area (Å²) >= 11 is 0. The monoisotopic (exact) mass is 556 g/mol. The number of benzene rings is 4. The van der Waals surface area contributed by atoms with Crippen LogP contribution in [0.2, 0.25) is 0 Å². The topological polar surface area (TPSA) is 103 Å². The molecule has 41 heavy (non-hydrogen) atoms. The zero-order valence-corrected chi connectivity index (χ0v) is 23.4. The van der Waals surface area contributed by atoms with Crippen LogP contribution < -0.4 is 24.7 Å². The largest absolute Gasteiger partial charge is 0.497 e. The Hall–Kier alpha value is -4.53. The highest BCUT2D eigenvalue weighted by atomic mass is 16.5. The Morgan fingerprint density at radius 1 is 0.780 bits per heavy atom. The van der Waals surface area contributed by atoms with Crippen molar-refractivity contribution in [1.29, 1.82) is 0 Å². The molecule has 0 aliphatic heterocycles. The Bertz CT molecular complexity index is 1430. The fourth-order valence-corrected chi connectivity index (χ4v) is 4.37. The first-order valence-corrected chi connectivity index (χ1v) is 13.4. The van der Waals surface area contributed by atoms with E-state index in [9.17, 15) is 9.90 Å². The molecule has 8 nitrogen and oxygen atoms in total. The summed E-state index contributed by atoms with van der Waals surface area (Å²) in [5.74, 6) is 2.57. The minimum atomic E-state index is -1.02. The standard InChI is InChI=1S/C33H36N2O6/c1-38-27-12-7-9-24(19-27)23-40-31-15-5-3-10-25(31)21-35(18-17-30(34)33(36)37)22-26-11-4-6-16-32(26)41-29-14-8-13-28(20-29)39-2/h3-16,19-20,30H,17-18,21-23,34H2,1-2H3,(H,36,37). The molecule has 0 bridgehead atoms. The van der Waals surface area contributed by atoms with Gasteiger partial charge in [-0.3, -0.25) is 9.69 Å². The molecule has 0 amide bonds. The highest BCUT2D eigenvalue weighted by molar-refractivity contribution is 5.73. The summed E-state index contributed by atoms with van der Waals surface area (Å²) in [7, 11) is 3.25. The molecule has 0 saturated carbocycles. The lowest BCUT2D eigenvalue weighted by molar-refractivity contribution is -0.138. The van der Waals surface area contributed by atoms with Crippen molar-refractivity contribution >= 4 is 5.97 Å². The maximum atomic E-state index is 11.5. The molecule has 4 rings (SSSR count). The zero-order valence-electron chi connectivity index (χ0n) is 23.4. The third kappa shape index (κ3) is 8.73. The van der Waals surface area contributed by atoms with Gasteiger partial charge in [0, 0.05) is 36.8 Å². The number of para-hydroxylation sites is 2. The second-order valence-corrected chi connectivity index (χ2v) is 9.58. The Morgan fingerprint density at radius 2 is 1.37 bits per heavy atom. The predicted octanol–water partition coefficient (Wildman–Crippen LogP) is 5.88. The first-order chi connectivity index (χ1) is 19.9. The van der Waals surface area contributed by atoms with Gasteiger partial charge < -0.3 is 29.8 Å². The van der Waals surface area contributed by atoms with Gasteiger partial charge in [-0.15, -0.1) is 0 Å². The second-order valence-electron chi connectivity index (χ2n) is 9.58. The fourth-order valence-electron chi connectivity index (χ4n) is 4.37. The summed E-state index contributed by atoms with van der Waals surface area (Å²) < 4.78 is 23.1. The smallest absolute Gasteiger partial charge is 0.320 e. The van der Waals surface area contributed by atoms with Crippen LogP contribution in [0.25, 0.3) is 0 Å². The number of carbonyl (C=O) groups is 1. The molecule has 1 unspecified atom stereocenters. The first-order valence-electron chi connectivity index (χ1n) is 13.4. The van der Waals surface area contributed by atoms with Gasteiger partial charge in [0.25, 0.3) is 0 Å². The van der Waals surface area contributed by atoms with E-state index in [1.807, 2.05) is 97.1 Å². The number of hydrogen-bond acceptors (Lipinski definition) is 7. The van der Waals surface area contributed by atoms with Crippen molar-refractivity contribution in [2.75, 3.05) is 20.8 Å². The Balaban J connectivity index is 1.54. The average molecular weight is 557 g/mol. The van der Waals surface area contributed by atoms with E-state index >= 15 is 0 Å². The normalized spacial score (nSPS) is 11.6. The van der Waals surface area contributed by atoms with E-state index in [2.05, 4.69) is 4.90 Å². The van der Waals surface area contributed by atoms with E-state index in [1.165, 1.54) is 0 Å². The summed E-state index contributed by atoms with van der Waals surface area (Å²) in [6, 6.07) is 29.9. The molecule has 4 aromatic rings. The average Bonchev–Trinajstić information content (AvgIpc) is 3.00. The lowest BCUT2D eigenvalue weighted by atomic mass is 10.1. The number of ether oxygens (including phenoxy) is 4. The van der Waals surface area contributed by atoms with Crippen LogP contribution in [0.15, 0.2) is 97.1 Å². The third-order valence-electron chi connectivity index (χ3n) is 6.60. The Labute approximate surface area is 240 Å². The van der Waals surface area contributed by atoms with Gasteiger partial charge in [0.05, 0.1) is 14.2 Å². The number of carboxylic acids is 1. The van der Waals surface area contributed by atoms with E-state index in [0.29, 0.717) is 49.9 Å². The molecule has 0 spiro atoms. The molecule has 0 radical (unpaired) electrons. The summed E-state index contributed by atoms with van der Waals surface area (Å²) in [4.78, 5) is 13.6. The second kappa shape index (κ2) is 14.7. The van der Waals surface area contributed by atoms with E-state index in [1.54, 1.807) is 14.2 Å². The summed E-state index contributed by atoms with van der Waals surface area (Å²) in [6.45, 7) is 1.88. The van der Waals surface area contributed by atoms with E-state index in [0.717, 1.165) is 28.2 Å². The van der Waals surface area contributed by atoms with Crippen LogP contribution in [0.5, 0.6) is 28.7 Å². The molecule has 0 heterocycles. The molecule has 8 heteroatoms. The van der Waals surface area contributed by atoms with Gasteiger partial charge in [-0.25, -0.2) is 0 Å². The highest BCUT2D eigenvalue weighted by Crippen LogP contribution is 2.30. The fraction of sp³-hybridized carbons (Fsp3) is 0.242. The van der Waals surface area contributed by atoms with Crippen LogP contribution >= 0.6 is 0 Å². The number of rotatable bonds is 15. The number of aliphatic carboxylic acids is 1. The van der Waals surface area contributed by atoms with Crippen LogP contribution in [0, 0.1) is 0 Å². The van der Waals surface area contributed by atoms with Crippen LogP contribution in [0.1, 0.15) is 23.1 Å². The molecular weight excluding hydrogens is 520 g/mol. The van der Waals surface area contributed by atoms with Gasteiger partial charge >= 0.3 is 5.97 Å². The van der Waals surface area contributed by atoms with Gasteiger partial charge in [-0.05, 0) is 48.4 Å². The lowest BCUT2D eigenvalue weighted by Gasteiger charge is -2.25. The minimum absolute atomic E-state index is 0.293. The van der Waals surface area contributed by atoms with Gasteiger partial charge in [0.15, 0.2) is 0 Å². The van der Waals surface area contributed by atoms with E-state index < -0.39 is 12.0 Å². The first kappa shape index (κ1) is 29.5. The van der Waals surface area contributed by atoms with Crippen molar-refractivity contribution in [1.82, 2.24) is 4.90 Å². The van der Waals surface area contributed by atoms with Gasteiger partial charge in [-0.2, -0.15) is 0 Å². The summed E-state index contributed by atoms with van der Waals surface area (Å²) in [6.07, 6.45) is 0.293. The molecule has 214 valence electrons. The number of hydrogen-bond donors (Lipinski definition) is 2. The third-order valence-corrected chi connectivity index (χ3v) is 6.60. The van der Waals surface area contributed by atoms with Crippen LogP contribution in [0.3, 0.4) is 0 Å². The molecule has 0 aromatic heterocycles. The van der Waals surface area contributed by atoms with Crippen molar-refractivity contribution in [2.45, 2.75) is 32.2 Å². The molecule has 0 aliphatic carbocycles. The zero-order chi connectivity index (χ0) is 29.0. The number of nitrogens with two attached hydrogens (primary N) is 1. The highest BCUT2D eigenvalue weighted by Gasteiger charge is 2.18. The Morgan fingerprint density at radius 3 is 2.05 bits per heavy atom. The van der Waals surface area contributed by atoms with Crippen molar-refractivity contribution in [3.8, 4) is 28.7 Å². The maximum Gasteiger partial charge on any atom is 0.320 e. The van der Waals surface area contributed by atoms with Crippen molar-refractivity contribution < 1.29 is 28.8 Å².